The van der Waals surface area contributed by atoms with Gasteiger partial charge in [-0.05, 0) is 339 Å². The van der Waals surface area contributed by atoms with Crippen LogP contribution < -0.4 is 0 Å². The van der Waals surface area contributed by atoms with Gasteiger partial charge in [-0.2, -0.15) is 0 Å². The summed E-state index contributed by atoms with van der Waals surface area (Å²) >= 11 is 0. The highest BCUT2D eigenvalue weighted by molar-refractivity contribution is 6.82. The lowest BCUT2D eigenvalue weighted by Gasteiger charge is -2.49. The lowest BCUT2D eigenvalue weighted by atomic mass is 9.50. The van der Waals surface area contributed by atoms with Crippen LogP contribution in [-0.4, -0.2) is 36.2 Å². The SMILES string of the molecule is OCCCCCN1CC23c4c5c6c7c8c9c(c%10c%11c2c2c4c4c%12c5c5c6c6c8c8c%13c9c9c%10c%10c%11c%11c2c2c4c4c%12c%12c5c5c6c8c6c8c%13c9c9c%10c%10c%11c2c2c4c4c%12c5c6c5c8c9c%10c2c45)C73C1. The van der Waals surface area contributed by atoms with Crippen LogP contribution in [0, 0.1) is 0 Å². The molecule has 1 aliphatic heterocycles. The minimum atomic E-state index is -0.157. The summed E-state index contributed by atoms with van der Waals surface area (Å²) in [5.41, 5.74) is 6.89. The van der Waals surface area contributed by atoms with E-state index in [0.717, 1.165) is 38.9 Å². The molecule has 0 aromatic heterocycles. The molecule has 28 aromatic rings. The first-order valence-corrected chi connectivity index (χ1v) is 26.5. The van der Waals surface area contributed by atoms with E-state index in [9.17, 15) is 5.11 Å². The van der Waals surface area contributed by atoms with Crippen LogP contribution in [0.5, 0.6) is 0 Å². The Labute approximate surface area is 377 Å². The Morgan fingerprint density at radius 3 is 0.536 bits per heavy atom. The first-order valence-electron chi connectivity index (χ1n) is 26.5. The van der Waals surface area contributed by atoms with Crippen molar-refractivity contribution in [1.29, 1.82) is 0 Å². The fourth-order valence-corrected chi connectivity index (χ4v) is 25.7. The molecule has 0 unspecified atom stereocenters. The molecule has 69 heavy (non-hydrogen) atoms. The van der Waals surface area contributed by atoms with Crippen LogP contribution in [0.1, 0.15) is 41.5 Å². The van der Waals surface area contributed by atoms with Crippen LogP contribution in [0.15, 0.2) is 0 Å². The molecule has 4 aliphatic carbocycles. The molecule has 2 heteroatoms. The molecule has 0 saturated carbocycles. The summed E-state index contributed by atoms with van der Waals surface area (Å²) < 4.78 is 0. The Morgan fingerprint density at radius 1 is 0.217 bits per heavy atom. The molecule has 1 heterocycles. The van der Waals surface area contributed by atoms with Gasteiger partial charge in [-0.3, -0.25) is 0 Å². The van der Waals surface area contributed by atoms with Crippen molar-refractivity contribution < 1.29 is 5.11 Å². The molecule has 33 rings (SSSR count). The van der Waals surface area contributed by atoms with Crippen LogP contribution in [0.2, 0.25) is 0 Å². The Balaban J connectivity index is 1.15. The molecule has 0 radical (unpaired) electrons. The smallest absolute Gasteiger partial charge is 0.0505 e. The summed E-state index contributed by atoms with van der Waals surface area (Å²) in [7, 11) is 0. The predicted molar refractivity (Wildman–Crippen MR) is 291 cm³/mol. The number of hydrogen-bond donors (Lipinski definition) is 1. The maximum absolute atomic E-state index is 10.0. The Kier molecular flexibility index (Phi) is 2.28. The second-order valence-corrected chi connectivity index (χ2v) is 26.1. The zero-order chi connectivity index (χ0) is 41.0. The lowest BCUT2D eigenvalue weighted by molar-refractivity contribution is 0.270. The Bertz CT molecular complexity index is 6490. The monoisotopic (exact) mass is 849 g/mol. The number of nitrogens with zero attached hydrogens (tertiary/aromatic N) is 1. The summed E-state index contributed by atoms with van der Waals surface area (Å²) in [6.07, 6.45) is 3.17. The topological polar surface area (TPSA) is 23.5 Å². The molecule has 1 fully saturated rings. The minimum Gasteiger partial charge on any atom is -0.396 e. The van der Waals surface area contributed by atoms with E-state index in [2.05, 4.69) is 4.90 Å². The molecular formula is C67H15NO. The average molecular weight is 850 g/mol. The molecule has 0 bridgehead atoms. The van der Waals surface area contributed by atoms with Crippen molar-refractivity contribution in [3.8, 4) is 0 Å². The summed E-state index contributed by atoms with van der Waals surface area (Å²) in [5.74, 6) is 0. The maximum Gasteiger partial charge on any atom is 0.0505 e. The van der Waals surface area contributed by atoms with E-state index in [1.165, 1.54) is 0 Å². The molecule has 5 aliphatic rings. The van der Waals surface area contributed by atoms with Crippen molar-refractivity contribution in [2.75, 3.05) is 26.2 Å². The van der Waals surface area contributed by atoms with Crippen molar-refractivity contribution in [3.63, 3.8) is 0 Å². The van der Waals surface area contributed by atoms with Gasteiger partial charge in [0.15, 0.2) is 0 Å². The summed E-state index contributed by atoms with van der Waals surface area (Å²) in [6.45, 7) is 3.64. The molecule has 294 valence electrons. The molecule has 0 amide bonds. The summed E-state index contributed by atoms with van der Waals surface area (Å²) in [6, 6.07) is 0. The van der Waals surface area contributed by atoms with E-state index < -0.39 is 0 Å². The second kappa shape index (κ2) is 6.00. The zero-order valence-electron chi connectivity index (χ0n) is 35.8. The van der Waals surface area contributed by atoms with Crippen LogP contribution in [0.25, 0.3) is 291 Å². The van der Waals surface area contributed by atoms with Gasteiger partial charge in [-0.15, -0.1) is 0 Å². The minimum absolute atomic E-state index is 0.157. The van der Waals surface area contributed by atoms with Gasteiger partial charge in [0.2, 0.25) is 0 Å². The Hall–Kier alpha value is -7.62. The highest BCUT2D eigenvalue weighted by Gasteiger charge is 2.72. The van der Waals surface area contributed by atoms with Gasteiger partial charge in [0, 0.05) is 19.7 Å². The van der Waals surface area contributed by atoms with Gasteiger partial charge in [0.25, 0.3) is 0 Å². The third-order valence-electron chi connectivity index (χ3n) is 25.7. The molecule has 0 atom stereocenters. The quantitative estimate of drug-likeness (QED) is 0.138. The number of aliphatic hydroxyl groups is 1. The fourth-order valence-electron chi connectivity index (χ4n) is 25.7. The fraction of sp³-hybridized carbons (Fsp3) is 0.134. The molecule has 1 N–H and O–H groups in total. The molecule has 1 saturated heterocycles. The van der Waals surface area contributed by atoms with Crippen LogP contribution >= 0.6 is 0 Å². The summed E-state index contributed by atoms with van der Waals surface area (Å²) in [4.78, 5) is 3.03. The number of rotatable bonds is 5. The maximum atomic E-state index is 10.0. The molecule has 2 nitrogen and oxygen atoms in total. The largest absolute Gasteiger partial charge is 0.396 e. The van der Waals surface area contributed by atoms with E-state index in [1.54, 1.807) is 313 Å². The molecular weight excluding hydrogens is 835 g/mol. The number of hydrogen-bond acceptors (Lipinski definition) is 2. The van der Waals surface area contributed by atoms with Crippen molar-refractivity contribution in [3.05, 3.63) is 22.3 Å². The molecule has 2 spiro atoms. The second-order valence-electron chi connectivity index (χ2n) is 26.1. The van der Waals surface area contributed by atoms with Gasteiger partial charge in [-0.25, -0.2) is 0 Å². The van der Waals surface area contributed by atoms with E-state index in [0.29, 0.717) is 6.61 Å². The van der Waals surface area contributed by atoms with Gasteiger partial charge >= 0.3 is 0 Å². The number of aliphatic hydroxyl groups excluding tert-OH is 1. The van der Waals surface area contributed by atoms with Crippen LogP contribution in [0.3, 0.4) is 0 Å². The first kappa shape index (κ1) is 26.2. The third-order valence-corrected chi connectivity index (χ3v) is 25.7. The predicted octanol–water partition coefficient (Wildman–Crippen LogP) is 16.8. The highest BCUT2D eigenvalue weighted by atomic mass is 16.2. The van der Waals surface area contributed by atoms with Crippen molar-refractivity contribution in [1.82, 2.24) is 4.90 Å². The van der Waals surface area contributed by atoms with Crippen molar-refractivity contribution in [2.45, 2.75) is 30.1 Å². The highest BCUT2D eigenvalue weighted by Crippen LogP contribution is 2.85. The third kappa shape index (κ3) is 1.41. The van der Waals surface area contributed by atoms with Gasteiger partial charge < -0.3 is 10.0 Å². The average Bonchev–Trinajstić information content (AvgIpc) is 4.29. The van der Waals surface area contributed by atoms with E-state index in [1.807, 2.05) is 0 Å². The normalized spacial score (nSPS) is 23.1. The van der Waals surface area contributed by atoms with E-state index in [4.69, 9.17) is 0 Å². The van der Waals surface area contributed by atoms with E-state index in [-0.39, 0.29) is 10.8 Å². The number of likely N-dealkylation sites (tertiary alicyclic amines) is 1. The Morgan fingerprint density at radius 2 is 0.377 bits per heavy atom. The standard InChI is InChI=1S/C67H15NO/c69-5-3-1-2-4-68-6-66-62-54-46-36-26-18-10-8-9-12-16-14(10)22-30-24(16)34-28-20(12)21-13(9)17-15-11(8)19(18)27-33-23(15)31-25(17)35-29(21)39-38(28)48-42(34)52-44(30)50(40(46)32(22)26)58(62)60(52)64-56(48)57-49(39)43(35)53-45(31)51-41(33)47(37(27)36)55(54)63(66)59(51)61(53)65(57)67(64,66)7-68/h69H,1-7H2. The van der Waals surface area contributed by atoms with Gasteiger partial charge in [-0.1, -0.05) is 0 Å². The van der Waals surface area contributed by atoms with Crippen LogP contribution in [0.4, 0.5) is 0 Å². The van der Waals surface area contributed by atoms with Gasteiger partial charge in [0.05, 0.1) is 10.8 Å². The number of benzene rings is 18. The van der Waals surface area contributed by atoms with Crippen molar-refractivity contribution >= 4 is 291 Å². The van der Waals surface area contributed by atoms with Crippen LogP contribution in [-0.2, 0) is 10.8 Å². The number of unbranched alkanes of at least 4 members (excludes halogenated alkanes) is 2. The van der Waals surface area contributed by atoms with E-state index >= 15 is 0 Å². The lowest BCUT2D eigenvalue weighted by Crippen LogP contribution is -2.51. The first-order chi connectivity index (χ1) is 34.4. The van der Waals surface area contributed by atoms with Gasteiger partial charge in [0.1, 0.15) is 0 Å². The van der Waals surface area contributed by atoms with Crippen molar-refractivity contribution in [2.24, 2.45) is 0 Å². The zero-order valence-corrected chi connectivity index (χ0v) is 35.8. The molecule has 28 aromatic carbocycles. The summed E-state index contributed by atoms with van der Waals surface area (Å²) in [5, 5.41) is 101.